The molecule has 0 heterocycles. The van der Waals surface area contributed by atoms with Crippen LogP contribution in [0.2, 0.25) is 0 Å². The second kappa shape index (κ2) is 7.85. The van der Waals surface area contributed by atoms with Crippen LogP contribution < -0.4 is 4.74 Å². The van der Waals surface area contributed by atoms with Gasteiger partial charge in [0, 0.05) is 13.1 Å². The lowest BCUT2D eigenvalue weighted by atomic mass is 10.0. The average molecular weight is 282 g/mol. The molecule has 0 radical (unpaired) electrons. The molecular formula is C15H20ClNO2. The summed E-state index contributed by atoms with van der Waals surface area (Å²) in [5.74, 6) is 0.752. The van der Waals surface area contributed by atoms with Gasteiger partial charge in [0.2, 0.25) is 5.91 Å². The fraction of sp³-hybridized carbons (Fsp3) is 0.400. The van der Waals surface area contributed by atoms with Crippen molar-refractivity contribution in [1.29, 1.82) is 0 Å². The molecule has 0 saturated heterocycles. The Morgan fingerprint density at radius 1 is 1.53 bits per heavy atom. The Bertz CT molecular complexity index is 434. The van der Waals surface area contributed by atoms with Crippen LogP contribution in [0.25, 0.3) is 0 Å². The zero-order valence-corrected chi connectivity index (χ0v) is 12.2. The normalized spacial score (nSPS) is 11.7. The Labute approximate surface area is 119 Å². The number of rotatable bonds is 7. The van der Waals surface area contributed by atoms with Gasteiger partial charge in [-0.3, -0.25) is 4.79 Å². The number of ether oxygens (including phenoxy) is 1. The Balaban J connectivity index is 2.88. The first-order valence-corrected chi connectivity index (χ1v) is 6.71. The highest BCUT2D eigenvalue weighted by molar-refractivity contribution is 6.27. The molecule has 1 atom stereocenters. The number of carbonyl (C=O) groups excluding carboxylic acids is 1. The van der Waals surface area contributed by atoms with Crippen LogP contribution in [-0.2, 0) is 11.2 Å². The molecule has 1 amide bonds. The van der Waals surface area contributed by atoms with Crippen molar-refractivity contribution in [1.82, 2.24) is 4.90 Å². The quantitative estimate of drug-likeness (QED) is 0.568. The van der Waals surface area contributed by atoms with Gasteiger partial charge in [0.15, 0.2) is 0 Å². The lowest BCUT2D eigenvalue weighted by Gasteiger charge is -2.27. The van der Waals surface area contributed by atoms with E-state index in [-0.39, 0.29) is 17.8 Å². The minimum Gasteiger partial charge on any atom is -0.496 e. The van der Waals surface area contributed by atoms with Crippen LogP contribution in [0.1, 0.15) is 12.0 Å². The number of amides is 1. The number of alkyl halides is 1. The van der Waals surface area contributed by atoms with Crippen molar-refractivity contribution in [3.63, 3.8) is 0 Å². The van der Waals surface area contributed by atoms with E-state index in [2.05, 4.69) is 6.58 Å². The molecule has 0 aliphatic carbocycles. The lowest BCUT2D eigenvalue weighted by Crippen LogP contribution is -2.39. The summed E-state index contributed by atoms with van der Waals surface area (Å²) in [7, 11) is 3.42. The first-order valence-electron chi connectivity index (χ1n) is 6.18. The number of carbonyl (C=O) groups is 1. The maximum absolute atomic E-state index is 11.7. The van der Waals surface area contributed by atoms with Gasteiger partial charge in [-0.2, -0.15) is 0 Å². The predicted molar refractivity (Wildman–Crippen MR) is 78.8 cm³/mol. The Morgan fingerprint density at radius 3 is 2.79 bits per heavy atom. The van der Waals surface area contributed by atoms with E-state index in [4.69, 9.17) is 16.3 Å². The Kier molecular flexibility index (Phi) is 6.43. The summed E-state index contributed by atoms with van der Waals surface area (Å²) in [6.07, 6.45) is 3.25. The van der Waals surface area contributed by atoms with Crippen molar-refractivity contribution in [3.8, 4) is 5.75 Å². The first kappa shape index (κ1) is 15.6. The molecule has 1 aromatic rings. The zero-order chi connectivity index (χ0) is 14.3. The second-order valence-electron chi connectivity index (χ2n) is 4.33. The topological polar surface area (TPSA) is 29.5 Å². The number of methoxy groups -OCH3 is 1. The second-order valence-corrected chi connectivity index (χ2v) is 4.60. The number of para-hydroxylation sites is 1. The molecule has 0 N–H and O–H groups in total. The number of likely N-dealkylation sites (N-methyl/N-ethyl adjacent to an activating group) is 1. The third-order valence-electron chi connectivity index (χ3n) is 3.14. The van der Waals surface area contributed by atoms with Crippen molar-refractivity contribution < 1.29 is 9.53 Å². The number of hydrogen-bond acceptors (Lipinski definition) is 2. The van der Waals surface area contributed by atoms with Crippen LogP contribution in [0.5, 0.6) is 5.75 Å². The number of benzene rings is 1. The van der Waals surface area contributed by atoms with E-state index in [1.54, 1.807) is 19.1 Å². The Morgan fingerprint density at radius 2 is 2.21 bits per heavy atom. The average Bonchev–Trinajstić information content (AvgIpc) is 2.45. The van der Waals surface area contributed by atoms with Gasteiger partial charge < -0.3 is 9.64 Å². The van der Waals surface area contributed by atoms with E-state index in [0.29, 0.717) is 0 Å². The molecule has 3 nitrogen and oxygen atoms in total. The minimum absolute atomic E-state index is 0.00390. The molecule has 19 heavy (non-hydrogen) atoms. The maximum atomic E-state index is 11.7. The van der Waals surface area contributed by atoms with Gasteiger partial charge in [-0.05, 0) is 24.5 Å². The number of nitrogens with zero attached hydrogens (tertiary/aromatic N) is 1. The SMILES string of the molecule is C=CC[C@H](Cc1ccccc1OC)N(C)C(=O)CCl. The third-order valence-corrected chi connectivity index (χ3v) is 3.37. The van der Waals surface area contributed by atoms with Crippen molar-refractivity contribution in [2.45, 2.75) is 18.9 Å². The molecule has 104 valence electrons. The van der Waals surface area contributed by atoms with Crippen LogP contribution in [0.15, 0.2) is 36.9 Å². The molecule has 0 aliphatic heterocycles. The molecule has 0 aromatic heterocycles. The summed E-state index contributed by atoms with van der Waals surface area (Å²) >= 11 is 5.61. The van der Waals surface area contributed by atoms with Crippen molar-refractivity contribution in [2.75, 3.05) is 20.0 Å². The van der Waals surface area contributed by atoms with Crippen LogP contribution in [-0.4, -0.2) is 36.9 Å². The van der Waals surface area contributed by atoms with E-state index < -0.39 is 0 Å². The predicted octanol–water partition coefficient (Wildman–Crippen LogP) is 2.88. The van der Waals surface area contributed by atoms with Gasteiger partial charge in [0.1, 0.15) is 11.6 Å². The fourth-order valence-corrected chi connectivity index (χ4v) is 2.18. The van der Waals surface area contributed by atoms with Crippen LogP contribution in [0.4, 0.5) is 0 Å². The monoisotopic (exact) mass is 281 g/mol. The summed E-state index contributed by atoms with van der Waals surface area (Å²) in [6.45, 7) is 3.75. The van der Waals surface area contributed by atoms with E-state index in [1.165, 1.54) is 0 Å². The highest BCUT2D eigenvalue weighted by Gasteiger charge is 2.19. The summed E-state index contributed by atoms with van der Waals surface area (Å²) in [5, 5.41) is 0. The molecule has 4 heteroatoms. The molecule has 0 aliphatic rings. The third kappa shape index (κ3) is 4.28. The van der Waals surface area contributed by atoms with Crippen LogP contribution in [0, 0.1) is 0 Å². The van der Waals surface area contributed by atoms with Gasteiger partial charge >= 0.3 is 0 Å². The van der Waals surface area contributed by atoms with Crippen LogP contribution >= 0.6 is 11.6 Å². The van der Waals surface area contributed by atoms with Gasteiger partial charge in [0.25, 0.3) is 0 Å². The summed E-state index contributed by atoms with van der Waals surface area (Å²) in [4.78, 5) is 13.4. The molecule has 0 unspecified atom stereocenters. The molecule has 1 aromatic carbocycles. The van der Waals surface area contributed by atoms with E-state index >= 15 is 0 Å². The molecule has 0 bridgehead atoms. The molecule has 0 fully saturated rings. The first-order chi connectivity index (χ1) is 9.13. The van der Waals surface area contributed by atoms with E-state index in [1.807, 2.05) is 30.3 Å². The molecule has 0 spiro atoms. The largest absolute Gasteiger partial charge is 0.496 e. The summed E-state index contributed by atoms with van der Waals surface area (Å²) in [5.41, 5.74) is 1.08. The zero-order valence-electron chi connectivity index (χ0n) is 11.4. The molecule has 0 saturated carbocycles. The van der Waals surface area contributed by atoms with Crippen molar-refractivity contribution >= 4 is 17.5 Å². The number of halogens is 1. The Hall–Kier alpha value is -1.48. The van der Waals surface area contributed by atoms with Gasteiger partial charge in [-0.1, -0.05) is 24.3 Å². The highest BCUT2D eigenvalue weighted by Crippen LogP contribution is 2.21. The van der Waals surface area contributed by atoms with Crippen LogP contribution in [0.3, 0.4) is 0 Å². The standard InChI is InChI=1S/C15H20ClNO2/c1-4-7-13(17(2)15(18)11-16)10-12-8-5-6-9-14(12)19-3/h4-6,8-9,13H,1,7,10-11H2,2-3H3/t13-/m1/s1. The molecule has 1 rings (SSSR count). The van der Waals surface area contributed by atoms with E-state index in [0.717, 1.165) is 24.2 Å². The van der Waals surface area contributed by atoms with Crippen molar-refractivity contribution in [2.24, 2.45) is 0 Å². The van der Waals surface area contributed by atoms with Gasteiger partial charge in [-0.25, -0.2) is 0 Å². The highest BCUT2D eigenvalue weighted by atomic mass is 35.5. The summed E-state index contributed by atoms with van der Waals surface area (Å²) < 4.78 is 5.34. The maximum Gasteiger partial charge on any atom is 0.237 e. The van der Waals surface area contributed by atoms with E-state index in [9.17, 15) is 4.79 Å². The number of hydrogen-bond donors (Lipinski definition) is 0. The lowest BCUT2D eigenvalue weighted by molar-refractivity contribution is -0.129. The summed E-state index contributed by atoms with van der Waals surface area (Å²) in [6, 6.07) is 7.86. The smallest absolute Gasteiger partial charge is 0.237 e. The fourth-order valence-electron chi connectivity index (χ4n) is 1.99. The van der Waals surface area contributed by atoms with Gasteiger partial charge in [0.05, 0.1) is 7.11 Å². The molecular weight excluding hydrogens is 262 g/mol. The minimum atomic E-state index is -0.0802. The van der Waals surface area contributed by atoms with Crippen molar-refractivity contribution in [3.05, 3.63) is 42.5 Å². The van der Waals surface area contributed by atoms with Gasteiger partial charge in [-0.15, -0.1) is 18.2 Å².